The maximum absolute atomic E-state index is 11.9. The van der Waals surface area contributed by atoms with Crippen molar-refractivity contribution < 1.29 is 9.90 Å². The number of rotatable bonds is 5. The van der Waals surface area contributed by atoms with E-state index in [0.717, 1.165) is 5.69 Å². The summed E-state index contributed by atoms with van der Waals surface area (Å²) in [4.78, 5) is 11.9. The second-order valence-corrected chi connectivity index (χ2v) is 4.48. The van der Waals surface area contributed by atoms with Crippen LogP contribution in [-0.2, 0) is 6.54 Å². The average Bonchev–Trinajstić information content (AvgIpc) is 2.72. The fourth-order valence-corrected chi connectivity index (χ4v) is 1.49. The van der Waals surface area contributed by atoms with Gasteiger partial charge in [0, 0.05) is 12.6 Å². The maximum Gasteiger partial charge on any atom is 0.269 e. The zero-order chi connectivity index (χ0) is 13.0. The molecule has 0 fully saturated rings. The number of aliphatic hydroxyl groups is 1. The number of aliphatic hydroxyl groups excluding tert-OH is 1. The summed E-state index contributed by atoms with van der Waals surface area (Å²) >= 11 is 0. The van der Waals surface area contributed by atoms with Crippen LogP contribution in [0.3, 0.4) is 0 Å². The first kappa shape index (κ1) is 13.7. The van der Waals surface area contributed by atoms with Gasteiger partial charge in [0.15, 0.2) is 0 Å². The molecular formula is C12H21N3O2. The SMILES string of the molecule is CCn1nc(C(C)C)cc1C(=O)NC(C)CO. The van der Waals surface area contributed by atoms with E-state index in [1.165, 1.54) is 0 Å². The normalized spacial score (nSPS) is 12.8. The van der Waals surface area contributed by atoms with Crippen molar-refractivity contribution in [2.24, 2.45) is 0 Å². The van der Waals surface area contributed by atoms with Gasteiger partial charge in [-0.15, -0.1) is 0 Å². The molecule has 5 heteroatoms. The molecule has 17 heavy (non-hydrogen) atoms. The minimum absolute atomic E-state index is 0.0664. The van der Waals surface area contributed by atoms with Crippen LogP contribution in [0, 0.1) is 0 Å². The standard InChI is InChI=1S/C12H21N3O2/c1-5-15-11(6-10(14-15)8(2)3)12(17)13-9(4)7-16/h6,8-9,16H,5,7H2,1-4H3,(H,13,17). The molecule has 0 radical (unpaired) electrons. The number of carbonyl (C=O) groups is 1. The zero-order valence-electron chi connectivity index (χ0n) is 10.9. The van der Waals surface area contributed by atoms with E-state index in [9.17, 15) is 4.79 Å². The molecule has 1 atom stereocenters. The van der Waals surface area contributed by atoms with Crippen molar-refractivity contribution in [1.29, 1.82) is 0 Å². The molecule has 1 unspecified atom stereocenters. The summed E-state index contributed by atoms with van der Waals surface area (Å²) in [6, 6.07) is 1.57. The van der Waals surface area contributed by atoms with Crippen LogP contribution in [0.4, 0.5) is 0 Å². The van der Waals surface area contributed by atoms with Crippen molar-refractivity contribution in [2.75, 3.05) is 6.61 Å². The number of nitrogens with one attached hydrogen (secondary N) is 1. The topological polar surface area (TPSA) is 67.2 Å². The summed E-state index contributed by atoms with van der Waals surface area (Å²) in [5.74, 6) is 0.109. The Bertz CT molecular complexity index is 385. The molecule has 2 N–H and O–H groups in total. The van der Waals surface area contributed by atoms with Crippen LogP contribution in [0.25, 0.3) is 0 Å². The van der Waals surface area contributed by atoms with Gasteiger partial charge in [-0.3, -0.25) is 9.48 Å². The van der Waals surface area contributed by atoms with Crippen LogP contribution in [0.15, 0.2) is 6.07 Å². The molecular weight excluding hydrogens is 218 g/mol. The maximum atomic E-state index is 11.9. The lowest BCUT2D eigenvalue weighted by Crippen LogP contribution is -2.36. The third-order valence-electron chi connectivity index (χ3n) is 2.57. The number of amides is 1. The smallest absolute Gasteiger partial charge is 0.269 e. The van der Waals surface area contributed by atoms with Crippen molar-refractivity contribution >= 4 is 5.91 Å². The molecule has 0 saturated carbocycles. The van der Waals surface area contributed by atoms with Gasteiger partial charge in [0.1, 0.15) is 5.69 Å². The Labute approximate surface area is 102 Å². The van der Waals surface area contributed by atoms with Crippen molar-refractivity contribution in [1.82, 2.24) is 15.1 Å². The number of carbonyl (C=O) groups excluding carboxylic acids is 1. The van der Waals surface area contributed by atoms with E-state index in [-0.39, 0.29) is 18.6 Å². The summed E-state index contributed by atoms with van der Waals surface area (Å²) in [6.07, 6.45) is 0. The third kappa shape index (κ3) is 3.30. The van der Waals surface area contributed by atoms with Gasteiger partial charge < -0.3 is 10.4 Å². The largest absolute Gasteiger partial charge is 0.394 e. The molecule has 1 aromatic heterocycles. The van der Waals surface area contributed by atoms with E-state index in [2.05, 4.69) is 10.4 Å². The van der Waals surface area contributed by atoms with Crippen molar-refractivity contribution in [3.63, 3.8) is 0 Å². The van der Waals surface area contributed by atoms with Gasteiger partial charge in [-0.25, -0.2) is 0 Å². The Balaban J connectivity index is 2.92. The summed E-state index contributed by atoms with van der Waals surface area (Å²) < 4.78 is 1.69. The van der Waals surface area contributed by atoms with Crippen molar-refractivity contribution in [3.8, 4) is 0 Å². The summed E-state index contributed by atoms with van der Waals surface area (Å²) in [5, 5.41) is 16.0. The van der Waals surface area contributed by atoms with Gasteiger partial charge in [-0.1, -0.05) is 13.8 Å². The van der Waals surface area contributed by atoms with E-state index in [4.69, 9.17) is 5.11 Å². The van der Waals surface area contributed by atoms with Crippen molar-refractivity contribution in [3.05, 3.63) is 17.5 Å². The number of nitrogens with zero attached hydrogens (tertiary/aromatic N) is 2. The molecule has 1 rings (SSSR count). The zero-order valence-corrected chi connectivity index (χ0v) is 10.9. The summed E-state index contributed by atoms with van der Waals surface area (Å²) in [6.45, 7) is 8.38. The highest BCUT2D eigenvalue weighted by Gasteiger charge is 2.17. The van der Waals surface area contributed by atoms with Crippen LogP contribution >= 0.6 is 0 Å². The quantitative estimate of drug-likeness (QED) is 0.809. The molecule has 5 nitrogen and oxygen atoms in total. The highest BCUT2D eigenvalue weighted by atomic mass is 16.3. The first-order valence-corrected chi connectivity index (χ1v) is 5.99. The van der Waals surface area contributed by atoms with Gasteiger partial charge in [-0.05, 0) is 25.8 Å². The molecule has 96 valence electrons. The highest BCUT2D eigenvalue weighted by molar-refractivity contribution is 5.92. The second-order valence-electron chi connectivity index (χ2n) is 4.48. The average molecular weight is 239 g/mol. The second kappa shape index (κ2) is 5.82. The summed E-state index contributed by atoms with van der Waals surface area (Å²) in [5.41, 5.74) is 1.46. The van der Waals surface area contributed by atoms with Gasteiger partial charge in [0.25, 0.3) is 5.91 Å². The van der Waals surface area contributed by atoms with Crippen LogP contribution in [0.5, 0.6) is 0 Å². The van der Waals surface area contributed by atoms with Crippen LogP contribution in [0.1, 0.15) is 49.8 Å². The van der Waals surface area contributed by atoms with E-state index in [1.54, 1.807) is 11.6 Å². The van der Waals surface area contributed by atoms with E-state index >= 15 is 0 Å². The van der Waals surface area contributed by atoms with E-state index in [0.29, 0.717) is 18.2 Å². The first-order chi connectivity index (χ1) is 7.99. The minimum atomic E-state index is -0.245. The Morgan fingerprint density at radius 2 is 2.18 bits per heavy atom. The lowest BCUT2D eigenvalue weighted by Gasteiger charge is -2.11. The predicted octanol–water partition coefficient (Wildman–Crippen LogP) is 1.14. The molecule has 1 heterocycles. The molecule has 1 aromatic rings. The van der Waals surface area contributed by atoms with Crippen LogP contribution < -0.4 is 5.32 Å². The molecule has 1 amide bonds. The molecule has 0 aliphatic heterocycles. The van der Waals surface area contributed by atoms with Gasteiger partial charge in [-0.2, -0.15) is 5.10 Å². The number of aryl methyl sites for hydroxylation is 1. The number of hydrogen-bond acceptors (Lipinski definition) is 3. The van der Waals surface area contributed by atoms with E-state index < -0.39 is 0 Å². The van der Waals surface area contributed by atoms with Gasteiger partial charge >= 0.3 is 0 Å². The van der Waals surface area contributed by atoms with Crippen LogP contribution in [0.2, 0.25) is 0 Å². The fourth-order valence-electron chi connectivity index (χ4n) is 1.49. The Morgan fingerprint density at radius 1 is 1.53 bits per heavy atom. The molecule has 0 aliphatic carbocycles. The fraction of sp³-hybridized carbons (Fsp3) is 0.667. The highest BCUT2D eigenvalue weighted by Crippen LogP contribution is 2.14. The molecule has 0 aromatic carbocycles. The van der Waals surface area contributed by atoms with Gasteiger partial charge in [0.05, 0.1) is 12.3 Å². The molecule has 0 bridgehead atoms. The lowest BCUT2D eigenvalue weighted by atomic mass is 10.1. The Hall–Kier alpha value is -1.36. The third-order valence-corrected chi connectivity index (χ3v) is 2.57. The molecule has 0 spiro atoms. The molecule has 0 saturated heterocycles. The summed E-state index contributed by atoms with van der Waals surface area (Å²) in [7, 11) is 0. The first-order valence-electron chi connectivity index (χ1n) is 5.99. The number of aromatic nitrogens is 2. The minimum Gasteiger partial charge on any atom is -0.394 e. The lowest BCUT2D eigenvalue weighted by molar-refractivity contribution is 0.0911. The monoisotopic (exact) mass is 239 g/mol. The Morgan fingerprint density at radius 3 is 2.65 bits per heavy atom. The van der Waals surface area contributed by atoms with Gasteiger partial charge in [0.2, 0.25) is 0 Å². The Kier molecular flexibility index (Phi) is 4.69. The van der Waals surface area contributed by atoms with Crippen LogP contribution in [-0.4, -0.2) is 33.4 Å². The van der Waals surface area contributed by atoms with E-state index in [1.807, 2.05) is 26.8 Å². The molecule has 0 aliphatic rings. The number of hydrogen-bond donors (Lipinski definition) is 2. The van der Waals surface area contributed by atoms with Crippen molar-refractivity contribution in [2.45, 2.75) is 46.2 Å². The predicted molar refractivity (Wildman–Crippen MR) is 66.0 cm³/mol.